The molecule has 0 aliphatic heterocycles. The summed E-state index contributed by atoms with van der Waals surface area (Å²) in [6, 6.07) is 22.9. The van der Waals surface area contributed by atoms with E-state index in [-0.39, 0.29) is 17.9 Å². The fourth-order valence-electron chi connectivity index (χ4n) is 4.97. The maximum absolute atomic E-state index is 13.2. The van der Waals surface area contributed by atoms with Gasteiger partial charge in [0.1, 0.15) is 11.1 Å². The molecule has 182 valence electrons. The zero-order valence-electron chi connectivity index (χ0n) is 21.0. The number of hydrogen-bond donors (Lipinski definition) is 1. The Morgan fingerprint density at radius 3 is 2.23 bits per heavy atom. The van der Waals surface area contributed by atoms with Gasteiger partial charge < -0.3 is 5.32 Å². The predicted molar refractivity (Wildman–Crippen MR) is 144 cm³/mol. The number of benzene rings is 2. The molecule has 0 fully saturated rings. The van der Waals surface area contributed by atoms with Gasteiger partial charge in [-0.1, -0.05) is 87.9 Å². The molecule has 0 radical (unpaired) electrons. The summed E-state index contributed by atoms with van der Waals surface area (Å²) in [5, 5.41) is 13.7. The molecule has 35 heavy (non-hydrogen) atoms. The van der Waals surface area contributed by atoms with Crippen molar-refractivity contribution >= 4 is 22.2 Å². The lowest BCUT2D eigenvalue weighted by atomic mass is 9.69. The number of nitrogens with one attached hydrogen (secondary N) is 1. The predicted octanol–water partition coefficient (Wildman–Crippen LogP) is 6.80. The molecule has 1 heterocycles. The van der Waals surface area contributed by atoms with Gasteiger partial charge in [-0.15, -0.1) is 11.3 Å². The lowest BCUT2D eigenvalue weighted by molar-refractivity contribution is -0.117. The number of rotatable bonds is 9. The van der Waals surface area contributed by atoms with Gasteiger partial charge in [-0.2, -0.15) is 5.26 Å². The van der Waals surface area contributed by atoms with Crippen LogP contribution in [0.1, 0.15) is 60.7 Å². The van der Waals surface area contributed by atoms with E-state index < -0.39 is 0 Å². The molecule has 0 spiro atoms. The Labute approximate surface area is 213 Å². The van der Waals surface area contributed by atoms with E-state index in [0.717, 1.165) is 36.2 Å². The van der Waals surface area contributed by atoms with Gasteiger partial charge in [0, 0.05) is 18.0 Å². The van der Waals surface area contributed by atoms with Gasteiger partial charge in [0.2, 0.25) is 5.91 Å². The Morgan fingerprint density at radius 1 is 1.09 bits per heavy atom. The minimum atomic E-state index is -0.0719. The van der Waals surface area contributed by atoms with Crippen LogP contribution in [0.2, 0.25) is 0 Å². The van der Waals surface area contributed by atoms with Gasteiger partial charge in [0.15, 0.2) is 0 Å². The van der Waals surface area contributed by atoms with Crippen molar-refractivity contribution in [3.8, 4) is 6.07 Å². The van der Waals surface area contributed by atoms with E-state index in [1.807, 2.05) is 36.4 Å². The first-order valence-corrected chi connectivity index (χ1v) is 13.4. The molecule has 4 nitrogen and oxygen atoms in total. The molecule has 3 aromatic rings. The largest absolute Gasteiger partial charge is 0.315 e. The number of carbonyl (C=O) groups excluding carboxylic acids is 1. The zero-order chi connectivity index (χ0) is 24.8. The third-order valence-corrected chi connectivity index (χ3v) is 8.68. The number of anilines is 1. The van der Waals surface area contributed by atoms with Crippen LogP contribution in [0, 0.1) is 22.7 Å². The average molecular weight is 486 g/mol. The van der Waals surface area contributed by atoms with Crippen molar-refractivity contribution in [2.24, 2.45) is 11.3 Å². The van der Waals surface area contributed by atoms with Crippen molar-refractivity contribution in [1.29, 1.82) is 5.26 Å². The minimum Gasteiger partial charge on any atom is -0.315 e. The second-order valence-corrected chi connectivity index (χ2v) is 11.4. The summed E-state index contributed by atoms with van der Waals surface area (Å²) in [6.45, 7) is 8.58. The molecular weight excluding hydrogens is 450 g/mol. The summed E-state index contributed by atoms with van der Waals surface area (Å²) >= 11 is 1.61. The van der Waals surface area contributed by atoms with Crippen LogP contribution < -0.4 is 5.32 Å². The molecule has 1 aliphatic rings. The van der Waals surface area contributed by atoms with Gasteiger partial charge in [-0.3, -0.25) is 9.69 Å². The summed E-state index contributed by atoms with van der Waals surface area (Å²) in [5.41, 5.74) is 4.45. The maximum Gasteiger partial charge on any atom is 0.239 e. The van der Waals surface area contributed by atoms with E-state index in [0.29, 0.717) is 24.6 Å². The van der Waals surface area contributed by atoms with Crippen LogP contribution in [0.3, 0.4) is 0 Å². The summed E-state index contributed by atoms with van der Waals surface area (Å²) < 4.78 is 0. The lowest BCUT2D eigenvalue weighted by Gasteiger charge is -2.36. The number of thiophene rings is 1. The van der Waals surface area contributed by atoms with Crippen LogP contribution in [0.15, 0.2) is 60.7 Å². The molecule has 1 amide bonds. The number of amides is 1. The van der Waals surface area contributed by atoms with Crippen LogP contribution in [0.4, 0.5) is 5.00 Å². The molecule has 0 saturated heterocycles. The van der Waals surface area contributed by atoms with E-state index in [9.17, 15) is 10.1 Å². The fourth-order valence-corrected chi connectivity index (χ4v) is 6.26. The van der Waals surface area contributed by atoms with Crippen molar-refractivity contribution in [3.63, 3.8) is 0 Å². The number of hydrogen-bond acceptors (Lipinski definition) is 4. The Bertz CT molecular complexity index is 1140. The van der Waals surface area contributed by atoms with Crippen molar-refractivity contribution in [2.45, 2.75) is 59.5 Å². The number of fused-ring (bicyclic) bond motifs is 1. The van der Waals surface area contributed by atoms with Gasteiger partial charge in [-0.05, 0) is 47.3 Å². The molecular formula is C30H35N3OS. The molecule has 5 heteroatoms. The SMILES string of the molecule is CCC(C)(C)C1CCc2c(sc(NC(=O)CN(Cc3ccccc3)Cc3ccccc3)c2C#N)C1. The topological polar surface area (TPSA) is 56.1 Å². The van der Waals surface area contributed by atoms with Crippen LogP contribution in [-0.2, 0) is 30.7 Å². The zero-order valence-corrected chi connectivity index (χ0v) is 21.8. The fraction of sp³-hybridized carbons (Fsp3) is 0.400. The Morgan fingerprint density at radius 2 is 1.69 bits per heavy atom. The van der Waals surface area contributed by atoms with Crippen LogP contribution in [-0.4, -0.2) is 17.4 Å². The molecule has 1 unspecified atom stereocenters. The Kier molecular flexibility index (Phi) is 8.05. The first-order chi connectivity index (χ1) is 16.9. The highest BCUT2D eigenvalue weighted by Gasteiger charge is 2.34. The summed E-state index contributed by atoms with van der Waals surface area (Å²) in [6.07, 6.45) is 4.17. The molecule has 1 atom stereocenters. The van der Waals surface area contributed by atoms with E-state index >= 15 is 0 Å². The molecule has 2 aromatic carbocycles. The third-order valence-electron chi connectivity index (χ3n) is 7.51. The average Bonchev–Trinajstić information content (AvgIpc) is 3.21. The molecule has 0 saturated carbocycles. The first-order valence-electron chi connectivity index (χ1n) is 12.5. The third kappa shape index (κ3) is 6.20. The van der Waals surface area contributed by atoms with Gasteiger partial charge >= 0.3 is 0 Å². The lowest BCUT2D eigenvalue weighted by Crippen LogP contribution is -2.32. The first kappa shape index (κ1) is 25.2. The van der Waals surface area contributed by atoms with Gasteiger partial charge in [-0.25, -0.2) is 0 Å². The molecule has 1 aliphatic carbocycles. The Hall–Kier alpha value is -2.94. The van der Waals surface area contributed by atoms with Gasteiger partial charge in [0.05, 0.1) is 12.1 Å². The van der Waals surface area contributed by atoms with Crippen LogP contribution in [0.25, 0.3) is 0 Å². The smallest absolute Gasteiger partial charge is 0.239 e. The van der Waals surface area contributed by atoms with Crippen LogP contribution >= 0.6 is 11.3 Å². The van der Waals surface area contributed by atoms with Crippen molar-refractivity contribution in [1.82, 2.24) is 4.90 Å². The summed E-state index contributed by atoms with van der Waals surface area (Å²) in [4.78, 5) is 16.6. The summed E-state index contributed by atoms with van der Waals surface area (Å²) in [7, 11) is 0. The van der Waals surface area contributed by atoms with E-state index in [2.05, 4.69) is 61.3 Å². The quantitative estimate of drug-likeness (QED) is 0.362. The summed E-state index contributed by atoms with van der Waals surface area (Å²) in [5.74, 6) is 0.540. The van der Waals surface area contributed by atoms with E-state index in [4.69, 9.17) is 0 Å². The van der Waals surface area contributed by atoms with Crippen molar-refractivity contribution in [2.75, 3.05) is 11.9 Å². The highest BCUT2D eigenvalue weighted by atomic mass is 32.1. The number of nitrogens with zero attached hydrogens (tertiary/aromatic N) is 2. The van der Waals surface area contributed by atoms with Gasteiger partial charge in [0.25, 0.3) is 0 Å². The Balaban J connectivity index is 1.49. The van der Waals surface area contributed by atoms with E-state index in [1.54, 1.807) is 11.3 Å². The highest BCUT2D eigenvalue weighted by molar-refractivity contribution is 7.16. The second-order valence-electron chi connectivity index (χ2n) is 10.3. The number of carbonyl (C=O) groups is 1. The highest BCUT2D eigenvalue weighted by Crippen LogP contribution is 2.45. The maximum atomic E-state index is 13.2. The van der Waals surface area contributed by atoms with Crippen molar-refractivity contribution < 1.29 is 4.79 Å². The monoisotopic (exact) mass is 485 g/mol. The standard InChI is InChI=1S/C30H35N3OS/c1-4-30(2,3)24-15-16-25-26(18-31)29(35-27(25)17-24)32-28(34)21-33(19-22-11-7-5-8-12-22)20-23-13-9-6-10-14-23/h5-14,24H,4,15-17,19-21H2,1-3H3,(H,32,34). The normalized spacial score (nSPS) is 15.5. The molecule has 4 rings (SSSR count). The van der Waals surface area contributed by atoms with Crippen molar-refractivity contribution in [3.05, 3.63) is 87.8 Å². The second kappa shape index (κ2) is 11.2. The molecule has 0 bridgehead atoms. The van der Waals surface area contributed by atoms with Crippen LogP contribution in [0.5, 0.6) is 0 Å². The number of nitriles is 1. The minimum absolute atomic E-state index is 0.0719. The molecule has 1 aromatic heterocycles. The van der Waals surface area contributed by atoms with E-state index in [1.165, 1.54) is 16.0 Å². The molecule has 1 N–H and O–H groups in total.